The van der Waals surface area contributed by atoms with Gasteiger partial charge in [-0.3, -0.25) is 4.79 Å². The molecule has 0 aromatic heterocycles. The summed E-state index contributed by atoms with van der Waals surface area (Å²) in [7, 11) is 1.78. The molecular formula is C12H22N2O3. The molecular weight excluding hydrogens is 220 g/mol. The standard InChI is InChI=1S/C12H22N2O3/c1-14-12(11(13)15,9-4-5-9)8-16-7-10-3-2-6-17-10/h9-10,14H,2-8H2,1H3,(H2,13,15). The van der Waals surface area contributed by atoms with Crippen LogP contribution >= 0.6 is 0 Å². The number of hydrogen-bond donors (Lipinski definition) is 2. The Morgan fingerprint density at radius 1 is 1.53 bits per heavy atom. The van der Waals surface area contributed by atoms with Gasteiger partial charge in [-0.1, -0.05) is 0 Å². The third kappa shape index (κ3) is 2.78. The number of rotatable bonds is 7. The number of ether oxygens (including phenoxy) is 2. The predicted molar refractivity (Wildman–Crippen MR) is 63.5 cm³/mol. The molecule has 1 heterocycles. The maximum atomic E-state index is 11.6. The molecule has 0 aromatic rings. The van der Waals surface area contributed by atoms with Gasteiger partial charge in [0.1, 0.15) is 5.54 Å². The maximum absolute atomic E-state index is 11.6. The molecule has 5 heteroatoms. The van der Waals surface area contributed by atoms with Crippen molar-refractivity contribution in [1.29, 1.82) is 0 Å². The van der Waals surface area contributed by atoms with Crippen molar-refractivity contribution >= 4 is 5.91 Å². The highest BCUT2D eigenvalue weighted by atomic mass is 16.5. The number of hydrogen-bond acceptors (Lipinski definition) is 4. The van der Waals surface area contributed by atoms with Gasteiger partial charge in [0.15, 0.2) is 0 Å². The third-order valence-corrected chi connectivity index (χ3v) is 3.82. The zero-order valence-corrected chi connectivity index (χ0v) is 10.4. The highest BCUT2D eigenvalue weighted by molar-refractivity contribution is 5.85. The van der Waals surface area contributed by atoms with E-state index in [0.29, 0.717) is 19.1 Å². The lowest BCUT2D eigenvalue weighted by Crippen LogP contribution is -2.59. The molecule has 1 amide bonds. The molecule has 2 unspecified atom stereocenters. The van der Waals surface area contributed by atoms with Gasteiger partial charge in [0.25, 0.3) is 0 Å². The Balaban J connectivity index is 1.82. The Kier molecular flexibility index (Phi) is 4.01. The van der Waals surface area contributed by atoms with Crippen molar-refractivity contribution in [2.45, 2.75) is 37.3 Å². The summed E-state index contributed by atoms with van der Waals surface area (Å²) in [6.07, 6.45) is 4.44. The maximum Gasteiger partial charge on any atom is 0.240 e. The van der Waals surface area contributed by atoms with Gasteiger partial charge in [-0.25, -0.2) is 0 Å². The molecule has 98 valence electrons. The molecule has 3 N–H and O–H groups in total. The number of carbonyl (C=O) groups excluding carboxylic acids is 1. The first-order valence-electron chi connectivity index (χ1n) is 6.37. The predicted octanol–water partition coefficient (Wildman–Crippen LogP) is 0.0355. The minimum Gasteiger partial charge on any atom is -0.376 e. The summed E-state index contributed by atoms with van der Waals surface area (Å²) in [6, 6.07) is 0. The fourth-order valence-electron chi connectivity index (χ4n) is 2.49. The van der Waals surface area contributed by atoms with Crippen LogP contribution in [-0.4, -0.2) is 44.4 Å². The number of amides is 1. The topological polar surface area (TPSA) is 73.6 Å². The number of likely N-dealkylation sites (N-methyl/N-ethyl adjacent to an activating group) is 1. The van der Waals surface area contributed by atoms with Crippen molar-refractivity contribution in [1.82, 2.24) is 5.32 Å². The molecule has 1 saturated heterocycles. The molecule has 1 saturated carbocycles. The van der Waals surface area contributed by atoms with Crippen LogP contribution in [-0.2, 0) is 14.3 Å². The zero-order chi connectivity index (χ0) is 12.3. The fourth-order valence-corrected chi connectivity index (χ4v) is 2.49. The first-order valence-corrected chi connectivity index (χ1v) is 6.37. The number of nitrogens with one attached hydrogen (secondary N) is 1. The van der Waals surface area contributed by atoms with Gasteiger partial charge in [0, 0.05) is 6.61 Å². The van der Waals surface area contributed by atoms with E-state index < -0.39 is 5.54 Å². The summed E-state index contributed by atoms with van der Waals surface area (Å²) in [6.45, 7) is 1.73. The van der Waals surface area contributed by atoms with Crippen molar-refractivity contribution in [2.75, 3.05) is 26.9 Å². The van der Waals surface area contributed by atoms with E-state index in [9.17, 15) is 4.79 Å². The molecule has 17 heavy (non-hydrogen) atoms. The minimum absolute atomic E-state index is 0.191. The third-order valence-electron chi connectivity index (χ3n) is 3.82. The molecule has 2 aliphatic rings. The summed E-state index contributed by atoms with van der Waals surface area (Å²) < 4.78 is 11.1. The van der Waals surface area contributed by atoms with E-state index in [1.807, 2.05) is 0 Å². The fraction of sp³-hybridized carbons (Fsp3) is 0.917. The second-order valence-electron chi connectivity index (χ2n) is 5.01. The Hall–Kier alpha value is -0.650. The molecule has 0 bridgehead atoms. The first-order chi connectivity index (χ1) is 8.19. The van der Waals surface area contributed by atoms with Crippen LogP contribution < -0.4 is 11.1 Å². The summed E-state index contributed by atoms with van der Waals surface area (Å²) in [5, 5.41) is 3.06. The summed E-state index contributed by atoms with van der Waals surface area (Å²) >= 11 is 0. The van der Waals surface area contributed by atoms with Crippen molar-refractivity contribution in [3.8, 4) is 0 Å². The van der Waals surface area contributed by atoms with Gasteiger partial charge in [-0.05, 0) is 38.6 Å². The molecule has 5 nitrogen and oxygen atoms in total. The SMILES string of the molecule is CNC(COCC1CCCO1)(C(N)=O)C1CC1. The van der Waals surface area contributed by atoms with E-state index in [0.717, 1.165) is 32.3 Å². The zero-order valence-electron chi connectivity index (χ0n) is 10.4. The van der Waals surface area contributed by atoms with E-state index in [2.05, 4.69) is 5.32 Å². The van der Waals surface area contributed by atoms with Gasteiger partial charge in [0.2, 0.25) is 5.91 Å². The van der Waals surface area contributed by atoms with Crippen LogP contribution in [0.4, 0.5) is 0 Å². The average Bonchev–Trinajstić information content (AvgIpc) is 3.03. The molecule has 1 aliphatic heterocycles. The van der Waals surface area contributed by atoms with Crippen LogP contribution in [0.1, 0.15) is 25.7 Å². The van der Waals surface area contributed by atoms with Crippen LogP contribution in [0, 0.1) is 5.92 Å². The second kappa shape index (κ2) is 5.33. The largest absolute Gasteiger partial charge is 0.376 e. The average molecular weight is 242 g/mol. The van der Waals surface area contributed by atoms with Gasteiger partial charge >= 0.3 is 0 Å². The molecule has 1 aliphatic carbocycles. The number of primary amides is 1. The van der Waals surface area contributed by atoms with Gasteiger partial charge in [0.05, 0.1) is 19.3 Å². The first kappa shape index (κ1) is 12.8. The lowest BCUT2D eigenvalue weighted by atomic mass is 9.93. The van der Waals surface area contributed by atoms with E-state index in [-0.39, 0.29) is 12.0 Å². The quantitative estimate of drug-likeness (QED) is 0.661. The highest BCUT2D eigenvalue weighted by Gasteiger charge is 2.49. The van der Waals surface area contributed by atoms with Gasteiger partial charge < -0.3 is 20.5 Å². The summed E-state index contributed by atoms with van der Waals surface area (Å²) in [4.78, 5) is 11.6. The number of nitrogens with two attached hydrogens (primary N) is 1. The van der Waals surface area contributed by atoms with Crippen molar-refractivity contribution < 1.29 is 14.3 Å². The summed E-state index contributed by atoms with van der Waals surface area (Å²) in [5.41, 5.74) is 4.82. The molecule has 0 radical (unpaired) electrons. The monoisotopic (exact) mass is 242 g/mol. The summed E-state index contributed by atoms with van der Waals surface area (Å²) in [5.74, 6) is 0.0179. The Bertz CT molecular complexity index is 275. The van der Waals surface area contributed by atoms with Crippen LogP contribution in [0.25, 0.3) is 0 Å². The molecule has 0 aromatic carbocycles. The van der Waals surface area contributed by atoms with Crippen molar-refractivity contribution in [3.63, 3.8) is 0 Å². The van der Waals surface area contributed by atoms with Crippen molar-refractivity contribution in [3.05, 3.63) is 0 Å². The van der Waals surface area contributed by atoms with E-state index in [4.69, 9.17) is 15.2 Å². The van der Waals surface area contributed by atoms with E-state index in [1.54, 1.807) is 7.05 Å². The Labute approximate surface area is 102 Å². The van der Waals surface area contributed by atoms with Crippen LogP contribution in [0.2, 0.25) is 0 Å². The second-order valence-corrected chi connectivity index (χ2v) is 5.01. The normalized spacial score (nSPS) is 27.9. The van der Waals surface area contributed by atoms with Crippen LogP contribution in [0.15, 0.2) is 0 Å². The minimum atomic E-state index is -0.682. The molecule has 2 rings (SSSR count). The smallest absolute Gasteiger partial charge is 0.240 e. The number of carbonyl (C=O) groups is 1. The Morgan fingerprint density at radius 3 is 2.76 bits per heavy atom. The molecule has 0 spiro atoms. The van der Waals surface area contributed by atoms with Gasteiger partial charge in [-0.15, -0.1) is 0 Å². The lowest BCUT2D eigenvalue weighted by molar-refractivity contribution is -0.128. The molecule has 2 atom stereocenters. The molecule has 2 fully saturated rings. The van der Waals surface area contributed by atoms with E-state index >= 15 is 0 Å². The Morgan fingerprint density at radius 2 is 2.29 bits per heavy atom. The van der Waals surface area contributed by atoms with Crippen molar-refractivity contribution in [2.24, 2.45) is 11.7 Å². The van der Waals surface area contributed by atoms with Crippen LogP contribution in [0.5, 0.6) is 0 Å². The highest BCUT2D eigenvalue weighted by Crippen LogP contribution is 2.39. The van der Waals surface area contributed by atoms with Gasteiger partial charge in [-0.2, -0.15) is 0 Å². The van der Waals surface area contributed by atoms with E-state index in [1.165, 1.54) is 0 Å². The lowest BCUT2D eigenvalue weighted by Gasteiger charge is -2.30. The van der Waals surface area contributed by atoms with Crippen LogP contribution in [0.3, 0.4) is 0 Å².